The molecular formula is C17H15ClF2N2O3S. The Morgan fingerprint density at radius 1 is 1.08 bits per heavy atom. The van der Waals surface area contributed by atoms with Gasteiger partial charge in [0.15, 0.2) is 0 Å². The maximum atomic E-state index is 13.7. The van der Waals surface area contributed by atoms with Crippen molar-refractivity contribution in [3.63, 3.8) is 0 Å². The van der Waals surface area contributed by atoms with Gasteiger partial charge in [-0.3, -0.25) is 4.79 Å². The predicted octanol–water partition coefficient (Wildman–Crippen LogP) is 3.66. The quantitative estimate of drug-likeness (QED) is 0.851. The number of halogens is 3. The molecule has 1 fully saturated rings. The predicted molar refractivity (Wildman–Crippen MR) is 93.8 cm³/mol. The molecule has 2 aromatic rings. The van der Waals surface area contributed by atoms with Crippen LogP contribution >= 0.6 is 11.6 Å². The first-order valence-electron chi connectivity index (χ1n) is 7.85. The monoisotopic (exact) mass is 400 g/mol. The number of benzene rings is 2. The van der Waals surface area contributed by atoms with Crippen LogP contribution in [0.5, 0.6) is 0 Å². The zero-order valence-corrected chi connectivity index (χ0v) is 15.1. The number of hydrogen-bond donors (Lipinski definition) is 1. The van der Waals surface area contributed by atoms with Crippen LogP contribution in [0.2, 0.25) is 5.02 Å². The number of carbonyl (C=O) groups is 1. The first-order valence-corrected chi connectivity index (χ1v) is 9.67. The number of amides is 1. The van der Waals surface area contributed by atoms with Crippen LogP contribution in [-0.2, 0) is 10.0 Å². The Balaban J connectivity index is 1.89. The number of rotatable bonds is 4. The molecular weight excluding hydrogens is 386 g/mol. The average molecular weight is 401 g/mol. The minimum absolute atomic E-state index is 0.0304. The van der Waals surface area contributed by atoms with Gasteiger partial charge in [-0.15, -0.1) is 0 Å². The van der Waals surface area contributed by atoms with Crippen LogP contribution in [-0.4, -0.2) is 31.7 Å². The Morgan fingerprint density at radius 2 is 1.77 bits per heavy atom. The first kappa shape index (κ1) is 18.8. The zero-order valence-electron chi connectivity index (χ0n) is 13.5. The number of nitrogens with zero attached hydrogens (tertiary/aromatic N) is 1. The van der Waals surface area contributed by atoms with Crippen molar-refractivity contribution in [3.8, 4) is 0 Å². The molecule has 0 aromatic heterocycles. The molecule has 1 aliphatic rings. The smallest absolute Gasteiger partial charge is 0.258 e. The van der Waals surface area contributed by atoms with Crippen molar-refractivity contribution in [2.45, 2.75) is 17.7 Å². The molecule has 0 bridgehead atoms. The Hall–Kier alpha value is -2.03. The van der Waals surface area contributed by atoms with E-state index < -0.39 is 27.6 Å². The van der Waals surface area contributed by atoms with Crippen molar-refractivity contribution in [3.05, 3.63) is 58.6 Å². The van der Waals surface area contributed by atoms with Gasteiger partial charge in [0.1, 0.15) is 16.5 Å². The van der Waals surface area contributed by atoms with Crippen molar-refractivity contribution in [2.75, 3.05) is 18.4 Å². The Morgan fingerprint density at radius 3 is 2.42 bits per heavy atom. The second-order valence-corrected chi connectivity index (χ2v) is 8.15. The number of nitrogens with one attached hydrogen (secondary N) is 1. The van der Waals surface area contributed by atoms with Crippen LogP contribution in [0.15, 0.2) is 41.3 Å². The van der Waals surface area contributed by atoms with Crippen LogP contribution in [0.1, 0.15) is 23.2 Å². The van der Waals surface area contributed by atoms with Gasteiger partial charge in [0.05, 0.1) is 10.6 Å². The van der Waals surface area contributed by atoms with E-state index in [1.165, 1.54) is 22.5 Å². The molecule has 9 heteroatoms. The number of sulfonamides is 1. The molecule has 0 spiro atoms. The molecule has 0 saturated carbocycles. The summed E-state index contributed by atoms with van der Waals surface area (Å²) in [5.41, 5.74) is -0.216. The normalized spacial score (nSPS) is 15.2. The van der Waals surface area contributed by atoms with Crippen LogP contribution in [0.4, 0.5) is 14.5 Å². The fourth-order valence-electron chi connectivity index (χ4n) is 2.72. The highest BCUT2D eigenvalue weighted by molar-refractivity contribution is 7.89. The van der Waals surface area contributed by atoms with E-state index in [-0.39, 0.29) is 21.2 Å². The molecule has 0 aliphatic carbocycles. The third-order valence-electron chi connectivity index (χ3n) is 4.05. The molecule has 2 aromatic carbocycles. The van der Waals surface area contributed by atoms with E-state index in [9.17, 15) is 22.0 Å². The Kier molecular flexibility index (Phi) is 5.27. The summed E-state index contributed by atoms with van der Waals surface area (Å²) in [6.07, 6.45) is 1.55. The van der Waals surface area contributed by atoms with E-state index in [0.29, 0.717) is 19.2 Å². The van der Waals surface area contributed by atoms with E-state index in [2.05, 4.69) is 5.32 Å². The highest BCUT2D eigenvalue weighted by Gasteiger charge is 2.29. The largest absolute Gasteiger partial charge is 0.322 e. The fourth-order valence-corrected chi connectivity index (χ4v) is 4.74. The molecule has 138 valence electrons. The van der Waals surface area contributed by atoms with Crippen molar-refractivity contribution in [2.24, 2.45) is 0 Å². The maximum absolute atomic E-state index is 13.7. The molecule has 0 atom stereocenters. The highest BCUT2D eigenvalue weighted by Crippen LogP contribution is 2.29. The molecule has 5 nitrogen and oxygen atoms in total. The zero-order chi connectivity index (χ0) is 18.9. The summed E-state index contributed by atoms with van der Waals surface area (Å²) in [6.45, 7) is 0.825. The van der Waals surface area contributed by atoms with Crippen LogP contribution < -0.4 is 5.32 Å². The Labute approximate surface area is 154 Å². The standard InChI is InChI=1S/C17H15ClF2N2O3S/c18-14-6-4-12(10-16(14)26(24,25)22-7-1-2-8-22)21-17(23)13-5-3-11(19)9-15(13)20/h3-6,9-10H,1-2,7-8H2,(H,21,23). The number of carbonyl (C=O) groups excluding carboxylic acids is 1. The summed E-state index contributed by atoms with van der Waals surface area (Å²) >= 11 is 6.04. The van der Waals surface area contributed by atoms with E-state index in [0.717, 1.165) is 25.0 Å². The first-order chi connectivity index (χ1) is 12.3. The lowest BCUT2D eigenvalue weighted by Crippen LogP contribution is -2.28. The maximum Gasteiger partial charge on any atom is 0.258 e. The minimum Gasteiger partial charge on any atom is -0.322 e. The van der Waals surface area contributed by atoms with Crippen molar-refractivity contribution in [1.29, 1.82) is 0 Å². The van der Waals surface area contributed by atoms with Crippen LogP contribution in [0.25, 0.3) is 0 Å². The fraction of sp³-hybridized carbons (Fsp3) is 0.235. The van der Waals surface area contributed by atoms with Gasteiger partial charge in [0, 0.05) is 24.8 Å². The van der Waals surface area contributed by atoms with Crippen molar-refractivity contribution >= 4 is 33.2 Å². The third-order valence-corrected chi connectivity index (χ3v) is 6.43. The van der Waals surface area contributed by atoms with Gasteiger partial charge in [-0.25, -0.2) is 17.2 Å². The van der Waals surface area contributed by atoms with E-state index >= 15 is 0 Å². The third kappa shape index (κ3) is 3.72. The van der Waals surface area contributed by atoms with Gasteiger partial charge in [-0.05, 0) is 43.2 Å². The van der Waals surface area contributed by atoms with Gasteiger partial charge in [0.2, 0.25) is 10.0 Å². The summed E-state index contributed by atoms with van der Waals surface area (Å²) in [4.78, 5) is 12.1. The molecule has 0 unspecified atom stereocenters. The molecule has 1 saturated heterocycles. The van der Waals surface area contributed by atoms with Gasteiger partial charge in [-0.1, -0.05) is 11.6 Å². The summed E-state index contributed by atoms with van der Waals surface area (Å²) in [6, 6.07) is 6.56. The van der Waals surface area contributed by atoms with Gasteiger partial charge < -0.3 is 5.32 Å². The van der Waals surface area contributed by atoms with Crippen molar-refractivity contribution in [1.82, 2.24) is 4.31 Å². The molecule has 1 aliphatic heterocycles. The molecule has 1 amide bonds. The number of anilines is 1. The molecule has 0 radical (unpaired) electrons. The van der Waals surface area contributed by atoms with E-state index in [1.807, 2.05) is 0 Å². The summed E-state index contributed by atoms with van der Waals surface area (Å²) < 4.78 is 53.4. The van der Waals surface area contributed by atoms with E-state index in [1.54, 1.807) is 0 Å². The lowest BCUT2D eigenvalue weighted by atomic mass is 10.2. The number of hydrogen-bond acceptors (Lipinski definition) is 3. The second-order valence-electron chi connectivity index (χ2n) is 5.83. The average Bonchev–Trinajstić information content (AvgIpc) is 3.11. The highest BCUT2D eigenvalue weighted by atomic mass is 35.5. The minimum atomic E-state index is -3.78. The van der Waals surface area contributed by atoms with Gasteiger partial charge in [0.25, 0.3) is 5.91 Å². The molecule has 3 rings (SSSR count). The molecule has 26 heavy (non-hydrogen) atoms. The second kappa shape index (κ2) is 7.30. The lowest BCUT2D eigenvalue weighted by Gasteiger charge is -2.17. The van der Waals surface area contributed by atoms with Gasteiger partial charge >= 0.3 is 0 Å². The Bertz CT molecular complexity index is 960. The van der Waals surface area contributed by atoms with Crippen LogP contribution in [0.3, 0.4) is 0 Å². The van der Waals surface area contributed by atoms with Crippen LogP contribution in [0, 0.1) is 11.6 Å². The lowest BCUT2D eigenvalue weighted by molar-refractivity contribution is 0.102. The van der Waals surface area contributed by atoms with E-state index in [4.69, 9.17) is 11.6 Å². The SMILES string of the molecule is O=C(Nc1ccc(Cl)c(S(=O)(=O)N2CCCC2)c1)c1ccc(F)cc1F. The summed E-state index contributed by atoms with van der Waals surface area (Å²) in [5.74, 6) is -2.64. The molecule has 1 N–H and O–H groups in total. The summed E-state index contributed by atoms with van der Waals surface area (Å²) in [7, 11) is -3.78. The molecule has 1 heterocycles. The van der Waals surface area contributed by atoms with Gasteiger partial charge in [-0.2, -0.15) is 4.31 Å². The van der Waals surface area contributed by atoms with Crippen molar-refractivity contribution < 1.29 is 22.0 Å². The topological polar surface area (TPSA) is 66.5 Å². The summed E-state index contributed by atoms with van der Waals surface area (Å²) in [5, 5.41) is 2.44.